The van der Waals surface area contributed by atoms with Crippen LogP contribution in [0.3, 0.4) is 0 Å². The van der Waals surface area contributed by atoms with Crippen molar-refractivity contribution >= 4 is 13.4 Å². The zero-order valence-corrected chi connectivity index (χ0v) is 11.4. The number of carbonyl (C=O) groups is 1. The third-order valence-corrected chi connectivity index (χ3v) is 5.64. The molecule has 2 rings (SSSR count). The molecule has 1 aromatic carbocycles. The molecule has 0 bridgehead atoms. The first-order chi connectivity index (χ1) is 8.65. The molecule has 0 radical (unpaired) electrons. The first-order valence-electron chi connectivity index (χ1n) is 6.24. The summed E-state index contributed by atoms with van der Waals surface area (Å²) in [5.74, 6) is -0.0677. The van der Waals surface area contributed by atoms with E-state index >= 15 is 0 Å². The maximum absolute atomic E-state index is 12.7. The highest BCUT2D eigenvalue weighted by Crippen LogP contribution is 2.55. The first kappa shape index (κ1) is 13.3. The van der Waals surface area contributed by atoms with Crippen LogP contribution in [0.15, 0.2) is 30.3 Å². The Bertz CT molecular complexity index is 455. The van der Waals surface area contributed by atoms with Crippen LogP contribution in [0.1, 0.15) is 25.3 Å². The molecule has 5 heteroatoms. The summed E-state index contributed by atoms with van der Waals surface area (Å²) in [5, 5.41) is 0. The summed E-state index contributed by atoms with van der Waals surface area (Å²) in [6.45, 7) is 2.55. The van der Waals surface area contributed by atoms with Crippen molar-refractivity contribution in [3.05, 3.63) is 35.9 Å². The number of benzene rings is 1. The van der Waals surface area contributed by atoms with Gasteiger partial charge in [0, 0.05) is 12.6 Å². The average Bonchev–Trinajstić information content (AvgIpc) is 2.36. The molecule has 18 heavy (non-hydrogen) atoms. The van der Waals surface area contributed by atoms with Gasteiger partial charge in [-0.15, -0.1) is 0 Å². The second-order valence-corrected chi connectivity index (χ2v) is 6.78. The lowest BCUT2D eigenvalue weighted by Gasteiger charge is -2.34. The molecule has 1 atom stereocenters. The van der Waals surface area contributed by atoms with E-state index in [1.165, 1.54) is 4.67 Å². The number of rotatable bonds is 4. The highest BCUT2D eigenvalue weighted by Gasteiger charge is 2.38. The number of nitrogens with zero attached hydrogens (tertiary/aromatic N) is 1. The summed E-state index contributed by atoms with van der Waals surface area (Å²) in [4.78, 5) is 12.0. The van der Waals surface area contributed by atoms with Crippen molar-refractivity contribution in [3.8, 4) is 0 Å². The summed E-state index contributed by atoms with van der Waals surface area (Å²) in [5.41, 5.74) is 0.979. The van der Waals surface area contributed by atoms with Crippen molar-refractivity contribution in [2.75, 3.05) is 12.8 Å². The van der Waals surface area contributed by atoms with Gasteiger partial charge in [0.1, 0.15) is 0 Å². The zero-order chi connectivity index (χ0) is 13.0. The van der Waals surface area contributed by atoms with Crippen molar-refractivity contribution in [2.24, 2.45) is 0 Å². The predicted octanol–water partition coefficient (Wildman–Crippen LogP) is 3.04. The van der Waals surface area contributed by atoms with Crippen molar-refractivity contribution < 1.29 is 13.9 Å². The van der Waals surface area contributed by atoms with Crippen molar-refractivity contribution in [1.29, 1.82) is 0 Å². The molecule has 0 saturated carbocycles. The Hall–Kier alpha value is -1.12. The van der Waals surface area contributed by atoms with Gasteiger partial charge in [-0.05, 0) is 18.9 Å². The normalized spacial score (nSPS) is 24.3. The smallest absolute Gasteiger partial charge is 0.298 e. The van der Waals surface area contributed by atoms with Crippen LogP contribution in [-0.2, 0) is 20.4 Å². The van der Waals surface area contributed by atoms with Gasteiger partial charge in [0.25, 0.3) is 7.52 Å². The Kier molecular flexibility index (Phi) is 4.20. The summed E-state index contributed by atoms with van der Waals surface area (Å²) in [6, 6.07) is 9.60. The van der Waals surface area contributed by atoms with Gasteiger partial charge in [-0.1, -0.05) is 30.3 Å². The molecule has 0 N–H and O–H groups in total. The molecular formula is C13H18NO3P. The van der Waals surface area contributed by atoms with Gasteiger partial charge in [0.2, 0.25) is 5.91 Å². The number of carbonyl (C=O) groups excluding carboxylic acids is 1. The lowest BCUT2D eigenvalue weighted by atomic mass is 10.2. The number of hydrogen-bond acceptors (Lipinski definition) is 3. The minimum atomic E-state index is -2.96. The van der Waals surface area contributed by atoms with Crippen LogP contribution in [-0.4, -0.2) is 23.3 Å². The first-order valence-corrected chi connectivity index (χ1v) is 8.00. The van der Waals surface area contributed by atoms with Gasteiger partial charge >= 0.3 is 0 Å². The van der Waals surface area contributed by atoms with E-state index in [2.05, 4.69) is 0 Å². The Balaban J connectivity index is 2.20. The van der Waals surface area contributed by atoms with E-state index in [9.17, 15) is 9.36 Å². The van der Waals surface area contributed by atoms with Crippen LogP contribution < -0.4 is 0 Å². The molecule has 1 aromatic rings. The molecule has 0 aromatic heterocycles. The van der Waals surface area contributed by atoms with E-state index in [0.29, 0.717) is 32.2 Å². The summed E-state index contributed by atoms with van der Waals surface area (Å²) in [6.07, 6.45) is 1.59. The van der Waals surface area contributed by atoms with E-state index < -0.39 is 7.52 Å². The van der Waals surface area contributed by atoms with E-state index in [1.807, 2.05) is 30.3 Å². The number of amides is 1. The van der Waals surface area contributed by atoms with E-state index in [4.69, 9.17) is 4.52 Å². The van der Waals surface area contributed by atoms with Crippen LogP contribution in [0.2, 0.25) is 0 Å². The predicted molar refractivity (Wildman–Crippen MR) is 70.3 cm³/mol. The minimum Gasteiger partial charge on any atom is -0.314 e. The van der Waals surface area contributed by atoms with E-state index in [1.54, 1.807) is 6.92 Å². The van der Waals surface area contributed by atoms with Gasteiger partial charge in [0.15, 0.2) is 0 Å². The third kappa shape index (κ3) is 2.82. The standard InChI is InChI=1S/C13H18NO3P/c1-2-17-18(16)10-6-9-13(15)14(18)11-12-7-4-3-5-8-12/h3-5,7-8H,2,6,9-11H2,1H3. The average molecular weight is 267 g/mol. The fraction of sp³-hybridized carbons (Fsp3) is 0.462. The molecule has 0 spiro atoms. The Labute approximate surface area is 107 Å². The lowest BCUT2D eigenvalue weighted by molar-refractivity contribution is -0.128. The maximum Gasteiger partial charge on any atom is 0.298 e. The molecule has 1 heterocycles. The largest absolute Gasteiger partial charge is 0.314 e. The molecule has 1 aliphatic rings. The second kappa shape index (κ2) is 5.68. The van der Waals surface area contributed by atoms with Gasteiger partial charge in [-0.2, -0.15) is 0 Å². The Morgan fingerprint density at radius 1 is 1.33 bits per heavy atom. The van der Waals surface area contributed by atoms with Crippen molar-refractivity contribution in [1.82, 2.24) is 4.67 Å². The van der Waals surface area contributed by atoms with Crippen LogP contribution in [0, 0.1) is 0 Å². The molecular weight excluding hydrogens is 249 g/mol. The molecule has 1 aliphatic heterocycles. The SMILES string of the molecule is CCOP1(=O)CCCC(=O)N1Cc1ccccc1. The van der Waals surface area contributed by atoms with Crippen LogP contribution in [0.4, 0.5) is 0 Å². The monoisotopic (exact) mass is 267 g/mol. The van der Waals surface area contributed by atoms with Gasteiger partial charge < -0.3 is 4.52 Å². The van der Waals surface area contributed by atoms with Crippen LogP contribution >= 0.6 is 7.52 Å². The summed E-state index contributed by atoms with van der Waals surface area (Å²) in [7, 11) is -2.96. The fourth-order valence-corrected chi connectivity index (χ4v) is 4.43. The molecule has 1 unspecified atom stereocenters. The second-order valence-electron chi connectivity index (χ2n) is 4.32. The maximum atomic E-state index is 12.7. The minimum absolute atomic E-state index is 0.0677. The molecule has 0 aliphatic carbocycles. The quantitative estimate of drug-likeness (QED) is 0.788. The molecule has 1 saturated heterocycles. The highest BCUT2D eigenvalue weighted by atomic mass is 31.2. The number of hydrogen-bond donors (Lipinski definition) is 0. The molecule has 1 amide bonds. The molecule has 98 valence electrons. The molecule has 1 fully saturated rings. The van der Waals surface area contributed by atoms with E-state index in [0.717, 1.165) is 5.56 Å². The summed E-state index contributed by atoms with van der Waals surface area (Å²) < 4.78 is 19.5. The summed E-state index contributed by atoms with van der Waals surface area (Å²) >= 11 is 0. The van der Waals surface area contributed by atoms with E-state index in [-0.39, 0.29) is 5.91 Å². The molecule has 4 nitrogen and oxygen atoms in total. The zero-order valence-electron chi connectivity index (χ0n) is 10.5. The highest BCUT2D eigenvalue weighted by molar-refractivity contribution is 7.57. The van der Waals surface area contributed by atoms with Crippen molar-refractivity contribution in [2.45, 2.75) is 26.3 Å². The van der Waals surface area contributed by atoms with Crippen molar-refractivity contribution in [3.63, 3.8) is 0 Å². The topological polar surface area (TPSA) is 46.6 Å². The lowest BCUT2D eigenvalue weighted by Crippen LogP contribution is -2.33. The fourth-order valence-electron chi connectivity index (χ4n) is 2.14. The third-order valence-electron chi connectivity index (χ3n) is 2.99. The van der Waals surface area contributed by atoms with Gasteiger partial charge in [0.05, 0.1) is 13.2 Å². The Morgan fingerprint density at radius 3 is 2.72 bits per heavy atom. The van der Waals surface area contributed by atoms with Gasteiger partial charge in [-0.3, -0.25) is 14.0 Å². The van der Waals surface area contributed by atoms with Crippen LogP contribution in [0.25, 0.3) is 0 Å². The van der Waals surface area contributed by atoms with Gasteiger partial charge in [-0.25, -0.2) is 0 Å². The van der Waals surface area contributed by atoms with Crippen LogP contribution in [0.5, 0.6) is 0 Å². The Morgan fingerprint density at radius 2 is 2.06 bits per heavy atom.